The molecule has 0 unspecified atom stereocenters. The van der Waals surface area contributed by atoms with Crippen LogP contribution in [0, 0.1) is 0 Å². The van der Waals surface area contributed by atoms with Crippen LogP contribution >= 0.6 is 15.9 Å². The summed E-state index contributed by atoms with van der Waals surface area (Å²) in [6.07, 6.45) is 3.72. The molecule has 176 valence electrons. The standard InChI is InChI=1S/C25H28BrN7O/c1-25(2,34)21-5-4-6-22(29-21)33-16-20(26)19-15-27-24(30-23(19)33)28-17-7-9-18(10-8-17)32-13-11-31(3)12-14-32/h4-10,15-16,34H,11-14H2,1-3H3,(H,27,28,30). The Morgan fingerprint density at radius 1 is 1.00 bits per heavy atom. The molecule has 1 aromatic carbocycles. The number of nitrogens with zero attached hydrogens (tertiary/aromatic N) is 6. The number of halogens is 1. The van der Waals surface area contributed by atoms with Gasteiger partial charge < -0.3 is 20.2 Å². The number of aliphatic hydroxyl groups is 1. The van der Waals surface area contributed by atoms with Gasteiger partial charge in [0.25, 0.3) is 0 Å². The third-order valence-corrected chi connectivity index (χ3v) is 6.73. The van der Waals surface area contributed by atoms with Crippen LogP contribution < -0.4 is 10.2 Å². The monoisotopic (exact) mass is 521 g/mol. The van der Waals surface area contributed by atoms with E-state index in [9.17, 15) is 5.11 Å². The lowest BCUT2D eigenvalue weighted by atomic mass is 10.1. The Hall–Kier alpha value is -3.01. The predicted octanol–water partition coefficient (Wildman–Crippen LogP) is 4.30. The van der Waals surface area contributed by atoms with Gasteiger partial charge in [0.15, 0.2) is 5.65 Å². The average molecular weight is 522 g/mol. The number of nitrogens with one attached hydrogen (secondary N) is 1. The topological polar surface area (TPSA) is 82.3 Å². The molecule has 8 nitrogen and oxygen atoms in total. The first-order valence-corrected chi connectivity index (χ1v) is 12.1. The number of benzene rings is 1. The molecule has 4 heterocycles. The molecule has 1 aliphatic heterocycles. The second-order valence-corrected chi connectivity index (χ2v) is 10.0. The SMILES string of the molecule is CN1CCN(c2ccc(Nc3ncc4c(Br)cn(-c5cccc(C(C)(C)O)n5)c4n3)cc2)CC1. The minimum Gasteiger partial charge on any atom is -0.384 e. The Kier molecular flexibility index (Phi) is 6.01. The van der Waals surface area contributed by atoms with Gasteiger partial charge in [-0.3, -0.25) is 4.57 Å². The van der Waals surface area contributed by atoms with Crippen molar-refractivity contribution in [3.8, 4) is 5.82 Å². The van der Waals surface area contributed by atoms with E-state index in [1.807, 2.05) is 29.0 Å². The summed E-state index contributed by atoms with van der Waals surface area (Å²) >= 11 is 3.61. The van der Waals surface area contributed by atoms with E-state index in [1.54, 1.807) is 20.0 Å². The van der Waals surface area contributed by atoms with Gasteiger partial charge >= 0.3 is 0 Å². The molecule has 9 heteroatoms. The number of rotatable bonds is 5. The second kappa shape index (κ2) is 8.98. The summed E-state index contributed by atoms with van der Waals surface area (Å²) < 4.78 is 2.78. The van der Waals surface area contributed by atoms with Gasteiger partial charge in [-0.1, -0.05) is 6.07 Å². The van der Waals surface area contributed by atoms with Gasteiger partial charge in [-0.25, -0.2) is 9.97 Å². The maximum absolute atomic E-state index is 10.4. The third kappa shape index (κ3) is 4.64. The molecule has 0 aliphatic carbocycles. The van der Waals surface area contributed by atoms with E-state index in [4.69, 9.17) is 4.98 Å². The van der Waals surface area contributed by atoms with E-state index in [0.29, 0.717) is 17.5 Å². The smallest absolute Gasteiger partial charge is 0.229 e. The number of hydrogen-bond donors (Lipinski definition) is 2. The predicted molar refractivity (Wildman–Crippen MR) is 139 cm³/mol. The maximum atomic E-state index is 10.4. The number of anilines is 3. The van der Waals surface area contributed by atoms with Crippen molar-refractivity contribution in [3.05, 3.63) is 65.0 Å². The summed E-state index contributed by atoms with van der Waals surface area (Å²) in [5, 5.41) is 14.6. The van der Waals surface area contributed by atoms with Gasteiger partial charge in [0, 0.05) is 54.4 Å². The van der Waals surface area contributed by atoms with Crippen molar-refractivity contribution >= 4 is 44.3 Å². The van der Waals surface area contributed by atoms with Crippen LogP contribution in [-0.4, -0.2) is 62.8 Å². The Morgan fingerprint density at radius 2 is 1.74 bits per heavy atom. The zero-order valence-corrected chi connectivity index (χ0v) is 21.1. The fourth-order valence-electron chi connectivity index (χ4n) is 4.05. The molecule has 1 fully saturated rings. The highest BCUT2D eigenvalue weighted by molar-refractivity contribution is 9.10. The number of fused-ring (bicyclic) bond motifs is 1. The van der Waals surface area contributed by atoms with Crippen LogP contribution in [0.2, 0.25) is 0 Å². The molecule has 0 atom stereocenters. The van der Waals surface area contributed by atoms with Crippen molar-refractivity contribution in [3.63, 3.8) is 0 Å². The molecule has 0 amide bonds. The molecule has 0 saturated carbocycles. The van der Waals surface area contributed by atoms with Crippen molar-refractivity contribution in [2.24, 2.45) is 0 Å². The van der Waals surface area contributed by atoms with Crippen LogP contribution in [0.25, 0.3) is 16.9 Å². The van der Waals surface area contributed by atoms with Crippen molar-refractivity contribution in [2.45, 2.75) is 19.4 Å². The lowest BCUT2D eigenvalue weighted by molar-refractivity contribution is 0.0738. The minimum absolute atomic E-state index is 0.505. The first-order chi connectivity index (χ1) is 16.3. The minimum atomic E-state index is -1.03. The number of hydrogen-bond acceptors (Lipinski definition) is 7. The van der Waals surface area contributed by atoms with E-state index in [1.165, 1.54) is 5.69 Å². The van der Waals surface area contributed by atoms with Gasteiger partial charge in [0.2, 0.25) is 5.95 Å². The highest BCUT2D eigenvalue weighted by Crippen LogP contribution is 2.29. The van der Waals surface area contributed by atoms with E-state index in [-0.39, 0.29) is 0 Å². The summed E-state index contributed by atoms with van der Waals surface area (Å²) in [7, 11) is 2.16. The second-order valence-electron chi connectivity index (χ2n) is 9.18. The Bertz CT molecular complexity index is 1310. The number of pyridine rings is 1. The molecule has 1 saturated heterocycles. The van der Waals surface area contributed by atoms with Gasteiger partial charge in [-0.05, 0) is 73.2 Å². The van der Waals surface area contributed by atoms with E-state index in [2.05, 4.69) is 72.3 Å². The lowest BCUT2D eigenvalue weighted by Gasteiger charge is -2.34. The zero-order chi connectivity index (χ0) is 23.9. The van der Waals surface area contributed by atoms with Crippen molar-refractivity contribution in [1.29, 1.82) is 0 Å². The number of likely N-dealkylation sites (N-methyl/N-ethyl adjacent to an activating group) is 1. The molecule has 0 radical (unpaired) electrons. The first kappa shape index (κ1) is 22.8. The molecular formula is C25H28BrN7O. The van der Waals surface area contributed by atoms with E-state index in [0.717, 1.165) is 47.4 Å². The highest BCUT2D eigenvalue weighted by atomic mass is 79.9. The van der Waals surface area contributed by atoms with Crippen LogP contribution in [0.3, 0.4) is 0 Å². The largest absolute Gasteiger partial charge is 0.384 e. The zero-order valence-electron chi connectivity index (χ0n) is 19.5. The molecule has 34 heavy (non-hydrogen) atoms. The van der Waals surface area contributed by atoms with Crippen LogP contribution in [0.15, 0.2) is 59.3 Å². The Balaban J connectivity index is 1.41. The number of piperazine rings is 1. The molecule has 3 aromatic heterocycles. The summed E-state index contributed by atoms with van der Waals surface area (Å²) in [5.41, 5.74) is 2.44. The lowest BCUT2D eigenvalue weighted by Crippen LogP contribution is -2.44. The van der Waals surface area contributed by atoms with Crippen molar-refractivity contribution in [1.82, 2.24) is 24.4 Å². The van der Waals surface area contributed by atoms with Crippen LogP contribution in [0.4, 0.5) is 17.3 Å². The average Bonchev–Trinajstić information content (AvgIpc) is 3.15. The van der Waals surface area contributed by atoms with E-state index < -0.39 is 5.60 Å². The summed E-state index contributed by atoms with van der Waals surface area (Å²) in [5.74, 6) is 1.18. The molecule has 0 bridgehead atoms. The van der Waals surface area contributed by atoms with Crippen LogP contribution in [0.1, 0.15) is 19.5 Å². The summed E-state index contributed by atoms with van der Waals surface area (Å²) in [6, 6.07) is 14.0. The normalized spacial score (nSPS) is 15.1. The molecule has 5 rings (SSSR count). The Labute approximate surface area is 207 Å². The number of aromatic nitrogens is 4. The molecule has 0 spiro atoms. The summed E-state index contributed by atoms with van der Waals surface area (Å²) in [6.45, 7) is 7.69. The Morgan fingerprint density at radius 3 is 2.44 bits per heavy atom. The molecule has 2 N–H and O–H groups in total. The highest BCUT2D eigenvalue weighted by Gasteiger charge is 2.20. The quantitative estimate of drug-likeness (QED) is 0.405. The summed E-state index contributed by atoms with van der Waals surface area (Å²) in [4.78, 5) is 18.7. The first-order valence-electron chi connectivity index (χ1n) is 11.3. The molecule has 4 aromatic rings. The fraction of sp³-hybridized carbons (Fsp3) is 0.320. The van der Waals surface area contributed by atoms with Gasteiger partial charge in [0.05, 0.1) is 11.1 Å². The van der Waals surface area contributed by atoms with Gasteiger partial charge in [0.1, 0.15) is 11.4 Å². The van der Waals surface area contributed by atoms with Crippen LogP contribution in [-0.2, 0) is 5.60 Å². The van der Waals surface area contributed by atoms with Gasteiger partial charge in [-0.15, -0.1) is 0 Å². The van der Waals surface area contributed by atoms with Gasteiger partial charge in [-0.2, -0.15) is 4.98 Å². The molecule has 1 aliphatic rings. The molecular weight excluding hydrogens is 494 g/mol. The maximum Gasteiger partial charge on any atom is 0.229 e. The van der Waals surface area contributed by atoms with Crippen molar-refractivity contribution < 1.29 is 5.11 Å². The van der Waals surface area contributed by atoms with Crippen LogP contribution in [0.5, 0.6) is 0 Å². The van der Waals surface area contributed by atoms with Crippen molar-refractivity contribution in [2.75, 3.05) is 43.4 Å². The fourth-order valence-corrected chi connectivity index (χ4v) is 4.54. The van der Waals surface area contributed by atoms with E-state index >= 15 is 0 Å². The third-order valence-electron chi connectivity index (χ3n) is 6.10.